The van der Waals surface area contributed by atoms with Gasteiger partial charge in [0.25, 0.3) is 5.91 Å². The first-order valence-electron chi connectivity index (χ1n) is 8.88. The smallest absolute Gasteiger partial charge is 0.255 e. The third-order valence-electron chi connectivity index (χ3n) is 3.60. The average molecular weight is 485 g/mol. The zero-order valence-electron chi connectivity index (χ0n) is 16.8. The predicted octanol–water partition coefficient (Wildman–Crippen LogP) is 3.80. The second-order valence-corrected chi connectivity index (χ2v) is 9.86. The van der Waals surface area contributed by atoms with Crippen molar-refractivity contribution in [2.45, 2.75) is 31.2 Å². The molecule has 0 bridgehead atoms. The van der Waals surface area contributed by atoms with Crippen LogP contribution >= 0.6 is 15.9 Å². The zero-order chi connectivity index (χ0) is 21.7. The fourth-order valence-electron chi connectivity index (χ4n) is 2.38. The summed E-state index contributed by atoms with van der Waals surface area (Å²) in [6, 6.07) is 11.0. The second kappa shape index (κ2) is 9.71. The number of rotatable bonds is 8. The highest BCUT2D eigenvalue weighted by Crippen LogP contribution is 2.26. The zero-order valence-corrected chi connectivity index (χ0v) is 19.2. The van der Waals surface area contributed by atoms with Gasteiger partial charge in [-0.1, -0.05) is 0 Å². The van der Waals surface area contributed by atoms with Crippen LogP contribution in [0, 0.1) is 0 Å². The van der Waals surface area contributed by atoms with Gasteiger partial charge in [-0.05, 0) is 79.2 Å². The molecule has 0 atom stereocenters. The lowest BCUT2D eigenvalue weighted by atomic mass is 10.1. The first-order valence-corrected chi connectivity index (χ1v) is 11.2. The highest BCUT2D eigenvalue weighted by Gasteiger charge is 2.21. The van der Waals surface area contributed by atoms with Gasteiger partial charge in [0.1, 0.15) is 12.4 Å². The number of halogens is 1. The lowest BCUT2D eigenvalue weighted by molar-refractivity contribution is 0.102. The summed E-state index contributed by atoms with van der Waals surface area (Å²) in [6.07, 6.45) is 0. The first kappa shape index (κ1) is 23.3. The molecular weight excluding hydrogens is 460 g/mol. The van der Waals surface area contributed by atoms with Crippen molar-refractivity contribution in [3.63, 3.8) is 0 Å². The van der Waals surface area contributed by atoms with E-state index >= 15 is 0 Å². The summed E-state index contributed by atoms with van der Waals surface area (Å²) in [4.78, 5) is 12.6. The fourth-order valence-corrected chi connectivity index (χ4v) is 4.29. The van der Waals surface area contributed by atoms with Gasteiger partial charge in [0, 0.05) is 23.9 Å². The highest BCUT2D eigenvalue weighted by atomic mass is 79.9. The molecule has 0 saturated heterocycles. The van der Waals surface area contributed by atoms with Gasteiger partial charge in [0.05, 0.1) is 16.0 Å². The Balaban J connectivity index is 2.07. The summed E-state index contributed by atoms with van der Waals surface area (Å²) < 4.78 is 38.4. The van der Waals surface area contributed by atoms with E-state index < -0.39 is 15.6 Å². The third-order valence-corrected chi connectivity index (χ3v) is 6.00. The maximum Gasteiger partial charge on any atom is 0.255 e. The Kier molecular flexibility index (Phi) is 7.81. The second-order valence-electron chi connectivity index (χ2n) is 7.32. The van der Waals surface area contributed by atoms with E-state index in [1.165, 1.54) is 12.1 Å². The Bertz CT molecular complexity index is 954. The Morgan fingerprint density at radius 3 is 2.28 bits per heavy atom. The number of carbonyl (C=O) groups is 1. The van der Waals surface area contributed by atoms with Gasteiger partial charge in [-0.15, -0.1) is 0 Å². The largest absolute Gasteiger partial charge is 0.490 e. The number of ether oxygens (including phenoxy) is 2. The molecule has 2 N–H and O–H groups in total. The number of carbonyl (C=O) groups excluding carboxylic acids is 1. The van der Waals surface area contributed by atoms with Crippen LogP contribution in [-0.2, 0) is 14.8 Å². The summed E-state index contributed by atoms with van der Waals surface area (Å²) in [6.45, 7) is 6.17. The van der Waals surface area contributed by atoms with E-state index in [4.69, 9.17) is 9.47 Å². The molecular formula is C20H25BrN2O5S. The van der Waals surface area contributed by atoms with Crippen LogP contribution in [0.4, 0.5) is 5.69 Å². The average Bonchev–Trinajstić information content (AvgIpc) is 2.61. The first-order chi connectivity index (χ1) is 13.5. The maximum atomic E-state index is 12.5. The van der Waals surface area contributed by atoms with E-state index in [1.54, 1.807) is 58.2 Å². The summed E-state index contributed by atoms with van der Waals surface area (Å²) in [5.74, 6) is 0.289. The molecule has 0 heterocycles. The third kappa shape index (κ3) is 7.11. The van der Waals surface area contributed by atoms with Crippen molar-refractivity contribution in [3.05, 3.63) is 52.5 Å². The van der Waals surface area contributed by atoms with Crippen LogP contribution in [-0.4, -0.2) is 40.2 Å². The highest BCUT2D eigenvalue weighted by molar-refractivity contribution is 9.10. The summed E-state index contributed by atoms with van der Waals surface area (Å²) in [5.41, 5.74) is 0.335. The lowest BCUT2D eigenvalue weighted by Crippen LogP contribution is -2.40. The van der Waals surface area contributed by atoms with E-state index in [2.05, 4.69) is 26.0 Å². The molecule has 0 saturated carbocycles. The number of methoxy groups -OCH3 is 1. The van der Waals surface area contributed by atoms with Crippen LogP contribution in [0.1, 0.15) is 31.1 Å². The number of nitrogens with one attached hydrogen (secondary N) is 2. The Labute approximate surface area is 180 Å². The minimum atomic E-state index is -3.63. The number of amides is 1. The van der Waals surface area contributed by atoms with Crippen LogP contribution in [0.5, 0.6) is 5.75 Å². The summed E-state index contributed by atoms with van der Waals surface area (Å²) in [7, 11) is -2.04. The molecule has 158 valence electrons. The number of hydrogen-bond acceptors (Lipinski definition) is 5. The van der Waals surface area contributed by atoms with Crippen LogP contribution in [0.25, 0.3) is 0 Å². The van der Waals surface area contributed by atoms with Crippen LogP contribution in [0.15, 0.2) is 51.8 Å². The molecule has 2 aromatic carbocycles. The van der Waals surface area contributed by atoms with E-state index in [0.29, 0.717) is 34.7 Å². The van der Waals surface area contributed by atoms with Gasteiger partial charge in [-0.3, -0.25) is 4.79 Å². The molecule has 1 amide bonds. The molecule has 0 fully saturated rings. The van der Waals surface area contributed by atoms with Crippen LogP contribution in [0.3, 0.4) is 0 Å². The molecule has 0 spiro atoms. The van der Waals surface area contributed by atoms with Gasteiger partial charge in [-0.25, -0.2) is 13.1 Å². The van der Waals surface area contributed by atoms with Crippen LogP contribution in [0.2, 0.25) is 0 Å². The molecule has 2 aromatic rings. The number of anilines is 1. The molecule has 0 radical (unpaired) electrons. The molecule has 29 heavy (non-hydrogen) atoms. The Morgan fingerprint density at radius 1 is 1.07 bits per heavy atom. The van der Waals surface area contributed by atoms with Crippen molar-refractivity contribution in [2.75, 3.05) is 25.6 Å². The topological polar surface area (TPSA) is 93.7 Å². The van der Waals surface area contributed by atoms with E-state index in [-0.39, 0.29) is 10.8 Å². The summed E-state index contributed by atoms with van der Waals surface area (Å²) >= 11 is 3.39. The molecule has 0 aliphatic rings. The molecule has 0 aliphatic heterocycles. The van der Waals surface area contributed by atoms with Crippen LogP contribution < -0.4 is 14.8 Å². The molecule has 7 nitrogen and oxygen atoms in total. The van der Waals surface area contributed by atoms with Crippen molar-refractivity contribution in [3.8, 4) is 5.75 Å². The molecule has 2 rings (SSSR count). The fraction of sp³-hybridized carbons (Fsp3) is 0.350. The van der Waals surface area contributed by atoms with Gasteiger partial charge in [0.2, 0.25) is 10.0 Å². The van der Waals surface area contributed by atoms with Crippen molar-refractivity contribution >= 4 is 37.5 Å². The van der Waals surface area contributed by atoms with Gasteiger partial charge >= 0.3 is 0 Å². The van der Waals surface area contributed by atoms with E-state index in [1.807, 2.05) is 0 Å². The number of hydrogen-bond donors (Lipinski definition) is 2. The minimum Gasteiger partial charge on any atom is -0.490 e. The monoisotopic (exact) mass is 484 g/mol. The molecule has 9 heteroatoms. The predicted molar refractivity (Wildman–Crippen MR) is 116 cm³/mol. The maximum absolute atomic E-state index is 12.5. The Hall–Kier alpha value is -1.94. The van der Waals surface area contributed by atoms with Gasteiger partial charge in [-0.2, -0.15) is 0 Å². The van der Waals surface area contributed by atoms with E-state index in [9.17, 15) is 13.2 Å². The number of benzene rings is 2. The SMILES string of the molecule is COCCOc1ccc(C(=O)Nc2ccc(S(=O)(=O)NC(C)(C)C)cc2)cc1Br. The normalized spacial score (nSPS) is 11.9. The summed E-state index contributed by atoms with van der Waals surface area (Å²) in [5, 5.41) is 2.75. The van der Waals surface area contributed by atoms with E-state index in [0.717, 1.165) is 0 Å². The number of sulfonamides is 1. The molecule has 0 aliphatic carbocycles. The van der Waals surface area contributed by atoms with Gasteiger partial charge < -0.3 is 14.8 Å². The Morgan fingerprint density at radius 2 is 1.72 bits per heavy atom. The minimum absolute atomic E-state index is 0.130. The van der Waals surface area contributed by atoms with Crippen molar-refractivity contribution in [1.29, 1.82) is 0 Å². The van der Waals surface area contributed by atoms with Crippen molar-refractivity contribution in [1.82, 2.24) is 4.72 Å². The quantitative estimate of drug-likeness (QED) is 0.555. The molecule has 0 aromatic heterocycles. The lowest BCUT2D eigenvalue weighted by Gasteiger charge is -2.20. The molecule has 0 unspecified atom stereocenters. The standard InChI is InChI=1S/C20H25BrN2O5S/c1-20(2,3)23-29(25,26)16-8-6-15(7-9-16)22-19(24)14-5-10-18(17(21)13-14)28-12-11-27-4/h5-10,13,23H,11-12H2,1-4H3,(H,22,24). The van der Waals surface area contributed by atoms with Crippen molar-refractivity contribution < 1.29 is 22.7 Å². The van der Waals surface area contributed by atoms with Gasteiger partial charge in [0.15, 0.2) is 0 Å². The van der Waals surface area contributed by atoms with Crippen molar-refractivity contribution in [2.24, 2.45) is 0 Å².